The molecule has 3 rings (SSSR count). The Morgan fingerprint density at radius 3 is 2.59 bits per heavy atom. The summed E-state index contributed by atoms with van der Waals surface area (Å²) in [5.41, 5.74) is 1.79. The van der Waals surface area contributed by atoms with E-state index in [2.05, 4.69) is 10.3 Å². The Kier molecular flexibility index (Phi) is 8.05. The number of halogens is 1. The highest BCUT2D eigenvalue weighted by molar-refractivity contribution is 6.33. The first-order valence-electron chi connectivity index (χ1n) is 10.1. The van der Waals surface area contributed by atoms with Gasteiger partial charge in [-0.15, -0.1) is 0 Å². The molecule has 0 bridgehead atoms. The lowest BCUT2D eigenvalue weighted by atomic mass is 10.1. The van der Waals surface area contributed by atoms with Crippen LogP contribution in [-0.2, 0) is 11.4 Å². The summed E-state index contributed by atoms with van der Waals surface area (Å²) in [5, 5.41) is 3.13. The number of rotatable bonds is 9. The summed E-state index contributed by atoms with van der Waals surface area (Å²) in [6.45, 7) is 2.46. The molecule has 0 aliphatic rings. The van der Waals surface area contributed by atoms with Crippen molar-refractivity contribution in [3.8, 4) is 11.5 Å². The van der Waals surface area contributed by atoms with Crippen LogP contribution in [0.1, 0.15) is 22.8 Å². The molecule has 0 aliphatic carbocycles. The minimum atomic E-state index is -0.351. The zero-order valence-electron chi connectivity index (χ0n) is 17.9. The van der Waals surface area contributed by atoms with E-state index in [4.69, 9.17) is 21.1 Å². The molecule has 0 saturated heterocycles. The second kappa shape index (κ2) is 11.2. The van der Waals surface area contributed by atoms with E-state index in [0.29, 0.717) is 41.0 Å². The van der Waals surface area contributed by atoms with E-state index < -0.39 is 0 Å². The predicted molar refractivity (Wildman–Crippen MR) is 123 cm³/mol. The first kappa shape index (κ1) is 23.1. The maximum Gasteiger partial charge on any atom is 0.254 e. The van der Waals surface area contributed by atoms with Gasteiger partial charge in [-0.1, -0.05) is 29.8 Å². The third-order valence-corrected chi connectivity index (χ3v) is 4.81. The monoisotopic (exact) mass is 453 g/mol. The van der Waals surface area contributed by atoms with Crippen LogP contribution in [0.5, 0.6) is 11.5 Å². The lowest BCUT2D eigenvalue weighted by Gasteiger charge is -2.18. The molecule has 1 heterocycles. The van der Waals surface area contributed by atoms with Gasteiger partial charge in [-0.2, -0.15) is 0 Å². The van der Waals surface area contributed by atoms with Gasteiger partial charge >= 0.3 is 0 Å². The van der Waals surface area contributed by atoms with Crippen molar-refractivity contribution in [3.05, 3.63) is 83.1 Å². The number of aromatic nitrogens is 1. The van der Waals surface area contributed by atoms with Gasteiger partial charge in [0.25, 0.3) is 5.91 Å². The Morgan fingerprint density at radius 2 is 1.88 bits per heavy atom. The molecule has 0 spiro atoms. The number of hydrogen-bond acceptors (Lipinski definition) is 5. The topological polar surface area (TPSA) is 80.8 Å². The standard InChI is InChI=1S/C24H24ClN3O4/c1-3-31-22-13-18(10-11-21(22)32-16-17-7-6-12-26-14-17)24(30)28(2)15-23(29)27-20-9-5-4-8-19(20)25/h4-14H,3,15-16H2,1-2H3,(H,27,29). The molecule has 0 fully saturated rings. The van der Waals surface area contributed by atoms with Crippen LogP contribution in [-0.4, -0.2) is 41.9 Å². The summed E-state index contributed by atoms with van der Waals surface area (Å²) in [5.74, 6) is 0.303. The van der Waals surface area contributed by atoms with Crippen LogP contribution >= 0.6 is 11.6 Å². The second-order valence-electron chi connectivity index (χ2n) is 6.93. The molecule has 166 valence electrons. The Labute approximate surface area is 191 Å². The molecule has 2 aromatic carbocycles. The van der Waals surface area contributed by atoms with E-state index in [1.54, 1.807) is 61.9 Å². The average molecular weight is 454 g/mol. The molecular formula is C24H24ClN3O4. The summed E-state index contributed by atoms with van der Waals surface area (Å²) in [4.78, 5) is 30.6. The molecule has 8 heteroatoms. The van der Waals surface area contributed by atoms with E-state index in [9.17, 15) is 9.59 Å². The Balaban J connectivity index is 1.66. The molecule has 2 amide bonds. The molecule has 3 aromatic rings. The van der Waals surface area contributed by atoms with Crippen LogP contribution in [0.15, 0.2) is 67.0 Å². The fraction of sp³-hybridized carbons (Fsp3) is 0.208. The third kappa shape index (κ3) is 6.21. The lowest BCUT2D eigenvalue weighted by molar-refractivity contribution is -0.116. The summed E-state index contributed by atoms with van der Waals surface area (Å²) in [7, 11) is 1.56. The minimum absolute atomic E-state index is 0.132. The van der Waals surface area contributed by atoms with Crippen LogP contribution in [0.2, 0.25) is 5.02 Å². The fourth-order valence-electron chi connectivity index (χ4n) is 2.93. The number of amides is 2. The Bertz CT molecular complexity index is 1080. The Morgan fingerprint density at radius 1 is 1.06 bits per heavy atom. The number of nitrogens with zero attached hydrogens (tertiary/aromatic N) is 2. The molecule has 1 N–H and O–H groups in total. The highest BCUT2D eigenvalue weighted by Crippen LogP contribution is 2.30. The third-order valence-electron chi connectivity index (χ3n) is 4.48. The number of anilines is 1. The van der Waals surface area contributed by atoms with Gasteiger partial charge in [-0.05, 0) is 43.3 Å². The zero-order chi connectivity index (χ0) is 22.9. The number of carbonyl (C=O) groups excluding carboxylic acids is 2. The van der Waals surface area contributed by atoms with Crippen LogP contribution < -0.4 is 14.8 Å². The SMILES string of the molecule is CCOc1cc(C(=O)N(C)CC(=O)Nc2ccccc2Cl)ccc1OCc1cccnc1. The van der Waals surface area contributed by atoms with Crippen molar-refractivity contribution >= 4 is 29.1 Å². The van der Waals surface area contributed by atoms with Crippen LogP contribution in [0.4, 0.5) is 5.69 Å². The smallest absolute Gasteiger partial charge is 0.254 e. The van der Waals surface area contributed by atoms with Crippen molar-refractivity contribution in [3.63, 3.8) is 0 Å². The fourth-order valence-corrected chi connectivity index (χ4v) is 3.12. The molecular weight excluding hydrogens is 430 g/mol. The van der Waals surface area contributed by atoms with E-state index in [1.807, 2.05) is 19.1 Å². The van der Waals surface area contributed by atoms with Crippen molar-refractivity contribution in [1.82, 2.24) is 9.88 Å². The molecule has 32 heavy (non-hydrogen) atoms. The van der Waals surface area contributed by atoms with E-state index >= 15 is 0 Å². The van der Waals surface area contributed by atoms with Gasteiger partial charge < -0.3 is 19.7 Å². The van der Waals surface area contributed by atoms with E-state index in [-0.39, 0.29) is 18.4 Å². The quantitative estimate of drug-likeness (QED) is 0.518. The van der Waals surface area contributed by atoms with Gasteiger partial charge in [-0.25, -0.2) is 0 Å². The highest BCUT2D eigenvalue weighted by Gasteiger charge is 2.18. The van der Waals surface area contributed by atoms with Crippen molar-refractivity contribution < 1.29 is 19.1 Å². The summed E-state index contributed by atoms with van der Waals surface area (Å²) < 4.78 is 11.5. The second-order valence-corrected chi connectivity index (χ2v) is 7.34. The normalized spacial score (nSPS) is 10.3. The Hall–Kier alpha value is -3.58. The molecule has 0 radical (unpaired) electrons. The van der Waals surface area contributed by atoms with Crippen LogP contribution in [0.3, 0.4) is 0 Å². The summed E-state index contributed by atoms with van der Waals surface area (Å²) in [6.07, 6.45) is 3.42. The number of likely N-dealkylation sites (N-methyl/N-ethyl adjacent to an activating group) is 1. The maximum absolute atomic E-state index is 12.9. The lowest BCUT2D eigenvalue weighted by Crippen LogP contribution is -2.35. The van der Waals surface area contributed by atoms with Crippen molar-refractivity contribution in [2.24, 2.45) is 0 Å². The summed E-state index contributed by atoms with van der Waals surface area (Å²) >= 11 is 6.07. The number of benzene rings is 2. The van der Waals surface area contributed by atoms with Gasteiger partial charge in [-0.3, -0.25) is 14.6 Å². The predicted octanol–water partition coefficient (Wildman–Crippen LogP) is 4.42. The minimum Gasteiger partial charge on any atom is -0.490 e. The average Bonchev–Trinajstić information content (AvgIpc) is 2.80. The molecule has 7 nitrogen and oxygen atoms in total. The van der Waals surface area contributed by atoms with Gasteiger partial charge in [0.15, 0.2) is 11.5 Å². The number of pyridine rings is 1. The van der Waals surface area contributed by atoms with Gasteiger partial charge in [0.2, 0.25) is 5.91 Å². The largest absolute Gasteiger partial charge is 0.490 e. The van der Waals surface area contributed by atoms with E-state index in [0.717, 1.165) is 5.56 Å². The van der Waals surface area contributed by atoms with Gasteiger partial charge in [0, 0.05) is 30.6 Å². The molecule has 1 aromatic heterocycles. The summed E-state index contributed by atoms with van der Waals surface area (Å²) in [6, 6.07) is 15.6. The number of carbonyl (C=O) groups is 2. The van der Waals surface area contributed by atoms with E-state index in [1.165, 1.54) is 4.90 Å². The molecule has 0 atom stereocenters. The zero-order valence-corrected chi connectivity index (χ0v) is 18.6. The number of hydrogen-bond donors (Lipinski definition) is 1. The van der Waals surface area contributed by atoms with Crippen molar-refractivity contribution in [2.45, 2.75) is 13.5 Å². The van der Waals surface area contributed by atoms with Crippen molar-refractivity contribution in [2.75, 3.05) is 25.5 Å². The van der Waals surface area contributed by atoms with Gasteiger partial charge in [0.05, 0.1) is 23.9 Å². The number of para-hydroxylation sites is 1. The molecule has 0 saturated carbocycles. The first-order chi connectivity index (χ1) is 15.5. The van der Waals surface area contributed by atoms with Crippen molar-refractivity contribution in [1.29, 1.82) is 0 Å². The van der Waals surface area contributed by atoms with Gasteiger partial charge in [0.1, 0.15) is 6.61 Å². The maximum atomic E-state index is 12.9. The number of nitrogens with one attached hydrogen (secondary N) is 1. The van der Waals surface area contributed by atoms with Crippen LogP contribution in [0, 0.1) is 0 Å². The first-order valence-corrected chi connectivity index (χ1v) is 10.4. The molecule has 0 unspecified atom stereocenters. The number of ether oxygens (including phenoxy) is 2. The highest BCUT2D eigenvalue weighted by atomic mass is 35.5. The molecule has 0 aliphatic heterocycles. The van der Waals surface area contributed by atoms with Crippen LogP contribution in [0.25, 0.3) is 0 Å².